The third-order valence-electron chi connectivity index (χ3n) is 12.1. The lowest BCUT2D eigenvalue weighted by Gasteiger charge is -2.30. The van der Waals surface area contributed by atoms with E-state index in [1.54, 1.807) is 11.8 Å². The smallest absolute Gasteiger partial charge is 0.407 e. The number of amides is 4. The van der Waals surface area contributed by atoms with E-state index >= 15 is 0 Å². The number of carbonyl (C=O) groups excluding carboxylic acids is 4. The highest BCUT2D eigenvalue weighted by Crippen LogP contribution is 2.61. The second-order valence-electron chi connectivity index (χ2n) is 15.8. The Morgan fingerprint density at radius 2 is 1.27 bits per heavy atom. The van der Waals surface area contributed by atoms with Gasteiger partial charge in [0.1, 0.15) is 23.7 Å². The summed E-state index contributed by atoms with van der Waals surface area (Å²) < 4.78 is 9.48. The Balaban J connectivity index is 1.02. The van der Waals surface area contributed by atoms with E-state index in [0.29, 0.717) is 24.9 Å². The molecule has 1 saturated carbocycles. The Labute approximate surface area is 330 Å². The molecule has 2 aliphatic carbocycles. The van der Waals surface area contributed by atoms with E-state index < -0.39 is 24.3 Å². The van der Waals surface area contributed by atoms with Crippen LogP contribution in [0.2, 0.25) is 0 Å². The lowest BCUT2D eigenvalue weighted by Crippen LogP contribution is -2.51. The van der Waals surface area contributed by atoms with Crippen LogP contribution in [-0.4, -0.2) is 93.1 Å². The van der Waals surface area contributed by atoms with Crippen molar-refractivity contribution < 1.29 is 28.7 Å². The summed E-state index contributed by atoms with van der Waals surface area (Å²) in [5, 5.41) is 5.31. The number of fused-ring (bicyclic) bond motifs is 5. The molecular weight excluding hydrogens is 733 g/mol. The summed E-state index contributed by atoms with van der Waals surface area (Å²) in [6, 6.07) is 6.87. The van der Waals surface area contributed by atoms with Crippen LogP contribution in [0.25, 0.3) is 32.3 Å². The summed E-state index contributed by atoms with van der Waals surface area (Å²) in [5.41, 5.74) is 6.99. The second-order valence-corrected chi connectivity index (χ2v) is 16.9. The summed E-state index contributed by atoms with van der Waals surface area (Å²) in [5.74, 6) is 2.21. The van der Waals surface area contributed by atoms with Crippen LogP contribution < -0.4 is 10.6 Å². The van der Waals surface area contributed by atoms with Crippen LogP contribution in [0.5, 0.6) is 0 Å². The summed E-state index contributed by atoms with van der Waals surface area (Å²) in [7, 11) is 2.58. The summed E-state index contributed by atoms with van der Waals surface area (Å²) in [4.78, 5) is 73.6. The zero-order chi connectivity index (χ0) is 39.2. The number of carbonyl (C=O) groups is 4. The molecule has 4 amide bonds. The number of H-pyrrole nitrogens is 2. The van der Waals surface area contributed by atoms with E-state index in [0.717, 1.165) is 54.3 Å². The van der Waals surface area contributed by atoms with E-state index in [9.17, 15) is 19.2 Å². The number of alkyl carbamates (subject to hydrolysis) is 2. The number of aromatic amines is 2. The van der Waals surface area contributed by atoms with Crippen molar-refractivity contribution in [1.82, 2.24) is 40.4 Å². The Bertz CT molecular complexity index is 2120. The first kappa shape index (κ1) is 37.7. The van der Waals surface area contributed by atoms with Gasteiger partial charge in [-0.2, -0.15) is 0 Å². The largest absolute Gasteiger partial charge is 0.453 e. The third-order valence-corrected chi connectivity index (χ3v) is 13.4. The summed E-state index contributed by atoms with van der Waals surface area (Å²) >= 11 is 1.82. The van der Waals surface area contributed by atoms with E-state index in [1.165, 1.54) is 59.9 Å². The Kier molecular flexibility index (Phi) is 10.4. The lowest BCUT2D eigenvalue weighted by atomic mass is 9.90. The van der Waals surface area contributed by atoms with Gasteiger partial charge in [-0.25, -0.2) is 19.6 Å². The van der Waals surface area contributed by atoms with Crippen molar-refractivity contribution in [2.75, 3.05) is 27.3 Å². The fraction of sp³-hybridized carbons (Fsp3) is 0.512. The molecule has 0 spiro atoms. The normalized spacial score (nSPS) is 22.3. The molecule has 6 atom stereocenters. The van der Waals surface area contributed by atoms with Crippen LogP contribution in [-0.2, 0) is 19.1 Å². The fourth-order valence-corrected chi connectivity index (χ4v) is 10.8. The predicted molar refractivity (Wildman–Crippen MR) is 211 cm³/mol. The molecule has 1 aromatic carbocycles. The predicted octanol–water partition coefficient (Wildman–Crippen LogP) is 7.01. The number of likely N-dealkylation sites (tertiary alicyclic amines) is 2. The van der Waals surface area contributed by atoms with Gasteiger partial charge in [-0.1, -0.05) is 38.1 Å². The minimum Gasteiger partial charge on any atom is -0.453 e. The van der Waals surface area contributed by atoms with Crippen molar-refractivity contribution in [1.29, 1.82) is 0 Å². The van der Waals surface area contributed by atoms with E-state index in [-0.39, 0.29) is 29.8 Å². The Morgan fingerprint density at radius 3 is 1.88 bits per heavy atom. The van der Waals surface area contributed by atoms with Gasteiger partial charge in [0, 0.05) is 18.0 Å². The van der Waals surface area contributed by atoms with Gasteiger partial charge < -0.3 is 39.9 Å². The van der Waals surface area contributed by atoms with Crippen molar-refractivity contribution >= 4 is 35.3 Å². The highest BCUT2D eigenvalue weighted by Gasteiger charge is 2.43. The van der Waals surface area contributed by atoms with Gasteiger partial charge in [0.25, 0.3) is 0 Å². The molecule has 15 heteroatoms. The minimum absolute atomic E-state index is 0.100. The average molecular weight is 783 g/mol. The van der Waals surface area contributed by atoms with Crippen LogP contribution in [0.3, 0.4) is 0 Å². The van der Waals surface area contributed by atoms with Gasteiger partial charge >= 0.3 is 12.2 Å². The molecule has 3 aromatic heterocycles. The molecule has 56 heavy (non-hydrogen) atoms. The summed E-state index contributed by atoms with van der Waals surface area (Å²) in [6.07, 6.45) is 9.41. The van der Waals surface area contributed by atoms with Crippen LogP contribution in [0, 0.1) is 5.92 Å². The van der Waals surface area contributed by atoms with Crippen molar-refractivity contribution in [3.63, 3.8) is 0 Å². The summed E-state index contributed by atoms with van der Waals surface area (Å²) in [6.45, 7) is 6.72. The quantitative estimate of drug-likeness (QED) is 0.133. The number of hydrogen-bond acceptors (Lipinski definition) is 9. The molecule has 8 rings (SSSR count). The highest BCUT2D eigenvalue weighted by molar-refractivity contribution is 7.19. The molecule has 296 valence electrons. The number of hydrogen-bond donors (Lipinski definition) is 4. The highest BCUT2D eigenvalue weighted by atomic mass is 32.1. The number of benzene rings is 1. The lowest BCUT2D eigenvalue weighted by molar-refractivity contribution is -0.135. The molecule has 2 bridgehead atoms. The van der Waals surface area contributed by atoms with Crippen molar-refractivity contribution in [3.05, 3.63) is 59.4 Å². The monoisotopic (exact) mass is 782 g/mol. The number of methoxy groups -OCH3 is 2. The molecule has 3 fully saturated rings. The zero-order valence-corrected chi connectivity index (χ0v) is 33.3. The first-order valence-electron chi connectivity index (χ1n) is 19.7. The van der Waals surface area contributed by atoms with Crippen molar-refractivity contribution in [3.8, 4) is 32.3 Å². The molecule has 2 saturated heterocycles. The number of ether oxygens (including phenoxy) is 2. The van der Waals surface area contributed by atoms with Gasteiger partial charge in [0.15, 0.2) is 0 Å². The molecule has 4 N–H and O–H groups in total. The fourth-order valence-electron chi connectivity index (χ4n) is 9.32. The number of nitrogens with zero attached hydrogens (tertiary/aromatic N) is 4. The second kappa shape index (κ2) is 15.4. The van der Waals surface area contributed by atoms with Gasteiger partial charge in [-0.3, -0.25) is 9.59 Å². The van der Waals surface area contributed by atoms with Crippen molar-refractivity contribution in [2.24, 2.45) is 5.92 Å². The van der Waals surface area contributed by atoms with Crippen LogP contribution in [0.4, 0.5) is 9.59 Å². The van der Waals surface area contributed by atoms with E-state index in [1.807, 2.05) is 42.5 Å². The van der Waals surface area contributed by atoms with Crippen LogP contribution in [0.15, 0.2) is 36.7 Å². The number of aromatic nitrogens is 4. The maximum atomic E-state index is 13.8. The van der Waals surface area contributed by atoms with Gasteiger partial charge in [-0.15, -0.1) is 11.3 Å². The Morgan fingerprint density at radius 1 is 0.732 bits per heavy atom. The Hall–Kier alpha value is -5.18. The van der Waals surface area contributed by atoms with E-state index in [2.05, 4.69) is 49.6 Å². The molecule has 14 nitrogen and oxygen atoms in total. The van der Waals surface area contributed by atoms with Gasteiger partial charge in [0.05, 0.1) is 55.0 Å². The van der Waals surface area contributed by atoms with Crippen LogP contribution >= 0.6 is 11.3 Å². The topological polar surface area (TPSA) is 175 Å². The molecule has 2 aliphatic heterocycles. The number of imidazole rings is 2. The molecule has 4 aliphatic rings. The number of rotatable bonds is 10. The molecule has 6 unspecified atom stereocenters. The maximum Gasteiger partial charge on any atom is 0.407 e. The molecule has 0 radical (unpaired) electrons. The maximum absolute atomic E-state index is 13.8. The first-order valence-corrected chi connectivity index (χ1v) is 20.5. The SMILES string of the molecule is COC(=O)NC(C)C(=O)N1CCCC1c1ncc(-c2ccc(-c3sc(-c4cnc(C5CCCN5C(=O)C(NC(=O)OC)C(C)C)[nH]4)c4c3C3CCC4C3)cc2)[nH]1. The average Bonchev–Trinajstić information content (AvgIpc) is 4.05. The van der Waals surface area contributed by atoms with Gasteiger partial charge in [0.2, 0.25) is 11.8 Å². The number of thiophene rings is 1. The first-order chi connectivity index (χ1) is 27.1. The van der Waals surface area contributed by atoms with Crippen molar-refractivity contribution in [2.45, 2.75) is 102 Å². The third kappa shape index (κ3) is 6.83. The molecule has 4 aromatic rings. The van der Waals surface area contributed by atoms with E-state index in [4.69, 9.17) is 14.7 Å². The standard InChI is InChI=1S/C41H50N8O6S/c1-21(2)33(47-41(53)55-5)39(51)49-17-7-9-30(49)37-43-20-28(46-37)35-32-26-15-14-25(18-26)31(32)34(56-35)24-12-10-23(11-13-24)27-19-42-36(45-27)29-8-6-16-48(29)38(50)22(3)44-40(52)54-4/h10-13,19-22,25-26,29-30,33H,6-9,14-18H2,1-5H3,(H,42,45)(H,43,46)(H,44,52)(H,47,53). The zero-order valence-electron chi connectivity index (χ0n) is 32.5. The number of nitrogens with one attached hydrogen (secondary N) is 4. The minimum atomic E-state index is -0.705. The molecular formula is C41H50N8O6S. The molecule has 5 heterocycles. The van der Waals surface area contributed by atoms with Crippen LogP contribution in [0.1, 0.15) is 112 Å². The van der Waals surface area contributed by atoms with Gasteiger partial charge in [-0.05, 0) is 91.9 Å².